The molecule has 8 heteroatoms. The van der Waals surface area contributed by atoms with Crippen molar-refractivity contribution in [2.45, 2.75) is 58.0 Å². The summed E-state index contributed by atoms with van der Waals surface area (Å²) >= 11 is 1.82. The number of nitrogens with zero attached hydrogens (tertiary/aromatic N) is 1. The minimum absolute atomic E-state index is 0.103. The highest BCUT2D eigenvalue weighted by Crippen LogP contribution is 2.19. The van der Waals surface area contributed by atoms with E-state index in [1.54, 1.807) is 11.8 Å². The predicted molar refractivity (Wildman–Crippen MR) is 147 cm³/mol. The third-order valence-corrected chi connectivity index (χ3v) is 6.44. The first-order valence-electron chi connectivity index (χ1n) is 12.8. The van der Waals surface area contributed by atoms with E-state index in [1.807, 2.05) is 75.0 Å². The molecule has 0 bridgehead atoms. The van der Waals surface area contributed by atoms with Crippen molar-refractivity contribution in [2.75, 3.05) is 38.7 Å². The Balaban J connectivity index is 1.83. The van der Waals surface area contributed by atoms with Gasteiger partial charge in [0.1, 0.15) is 12.4 Å². The molecule has 1 unspecified atom stereocenters. The molecule has 37 heavy (non-hydrogen) atoms. The van der Waals surface area contributed by atoms with E-state index < -0.39 is 12.1 Å². The highest BCUT2D eigenvalue weighted by molar-refractivity contribution is 7.99. The molecule has 0 aliphatic heterocycles. The van der Waals surface area contributed by atoms with E-state index >= 15 is 0 Å². The minimum Gasteiger partial charge on any atom is -0.492 e. The smallest absolute Gasteiger partial charge is 0.409 e. The van der Waals surface area contributed by atoms with Gasteiger partial charge in [0.05, 0.1) is 13.2 Å². The molecule has 7 nitrogen and oxygen atoms in total. The second-order valence-electron chi connectivity index (χ2n) is 9.95. The summed E-state index contributed by atoms with van der Waals surface area (Å²) in [5, 5.41) is 9.27. The zero-order valence-corrected chi connectivity index (χ0v) is 23.3. The maximum Gasteiger partial charge on any atom is 0.409 e. The fourth-order valence-corrected chi connectivity index (χ4v) is 4.34. The van der Waals surface area contributed by atoms with Crippen LogP contribution in [-0.4, -0.2) is 66.8 Å². The highest BCUT2D eigenvalue weighted by atomic mass is 32.2. The molecule has 1 N–H and O–H groups in total. The van der Waals surface area contributed by atoms with Crippen molar-refractivity contribution >= 4 is 23.8 Å². The van der Waals surface area contributed by atoms with Gasteiger partial charge in [-0.05, 0) is 60.8 Å². The van der Waals surface area contributed by atoms with Crippen LogP contribution in [0, 0.1) is 5.41 Å². The second kappa shape index (κ2) is 16.2. The molecule has 0 saturated heterocycles. The highest BCUT2D eigenvalue weighted by Gasteiger charge is 2.20. The van der Waals surface area contributed by atoms with Crippen LogP contribution in [0.15, 0.2) is 59.5 Å². The summed E-state index contributed by atoms with van der Waals surface area (Å²) in [5.41, 5.74) is 0.752. The first kappa shape index (κ1) is 30.5. The van der Waals surface area contributed by atoms with Gasteiger partial charge in [-0.3, -0.25) is 0 Å². The number of amides is 1. The van der Waals surface area contributed by atoms with Crippen molar-refractivity contribution in [1.82, 2.24) is 4.90 Å². The monoisotopic (exact) mass is 531 g/mol. The number of ether oxygens (including phenoxy) is 3. The molecular weight excluding hydrogens is 490 g/mol. The summed E-state index contributed by atoms with van der Waals surface area (Å²) in [4.78, 5) is 27.0. The van der Waals surface area contributed by atoms with Crippen molar-refractivity contribution in [3.63, 3.8) is 0 Å². The summed E-state index contributed by atoms with van der Waals surface area (Å²) in [6.45, 7) is 9.93. The van der Waals surface area contributed by atoms with E-state index in [-0.39, 0.29) is 11.5 Å². The summed E-state index contributed by atoms with van der Waals surface area (Å²) in [7, 11) is 0. The Morgan fingerprint density at radius 2 is 1.70 bits per heavy atom. The number of aliphatic carboxylic acids is 1. The quantitative estimate of drug-likeness (QED) is 0.205. The third kappa shape index (κ3) is 12.9. The number of hydrogen-bond acceptors (Lipinski definition) is 6. The molecule has 1 amide bonds. The van der Waals surface area contributed by atoms with E-state index in [2.05, 4.69) is 12.1 Å². The molecule has 0 aliphatic rings. The molecule has 0 aromatic heterocycles. The largest absolute Gasteiger partial charge is 0.492 e. The lowest BCUT2D eigenvalue weighted by Gasteiger charge is -2.25. The Labute approximate surface area is 225 Å². The Kier molecular flexibility index (Phi) is 13.4. The van der Waals surface area contributed by atoms with Gasteiger partial charge in [0.25, 0.3) is 0 Å². The molecule has 0 fully saturated rings. The van der Waals surface area contributed by atoms with Crippen molar-refractivity contribution in [3.8, 4) is 5.75 Å². The number of unbranched alkanes of at least 4 members (excludes halogenated alkanes) is 1. The van der Waals surface area contributed by atoms with Crippen LogP contribution in [0.2, 0.25) is 0 Å². The lowest BCUT2D eigenvalue weighted by Crippen LogP contribution is -2.37. The van der Waals surface area contributed by atoms with Crippen LogP contribution in [0.1, 0.15) is 46.1 Å². The summed E-state index contributed by atoms with van der Waals surface area (Å²) < 4.78 is 16.7. The Hall–Kier alpha value is -2.71. The van der Waals surface area contributed by atoms with E-state index in [9.17, 15) is 14.7 Å². The maximum atomic E-state index is 12.8. The minimum atomic E-state index is -0.973. The topological polar surface area (TPSA) is 85.3 Å². The van der Waals surface area contributed by atoms with Crippen molar-refractivity contribution in [3.05, 3.63) is 60.2 Å². The number of hydrogen-bond donors (Lipinski definition) is 1. The van der Waals surface area contributed by atoms with Crippen LogP contribution in [-0.2, 0) is 20.7 Å². The number of benzene rings is 2. The Bertz CT molecular complexity index is 930. The number of carbonyl (C=O) groups is 2. The number of carbonyl (C=O) groups excluding carboxylic acids is 1. The van der Waals surface area contributed by atoms with Crippen LogP contribution >= 0.6 is 11.8 Å². The molecule has 1 atom stereocenters. The van der Waals surface area contributed by atoms with Crippen LogP contribution in [0.3, 0.4) is 0 Å². The third-order valence-electron chi connectivity index (χ3n) is 5.34. The lowest BCUT2D eigenvalue weighted by atomic mass is 9.99. The standard InChI is InChI=1S/C29H41NO6S/c1-5-34-26(27(31)32)21-23-13-15-24(16-14-23)35-19-18-30(28(33)36-22-29(2,3)4)17-9-10-20-37-25-11-7-6-8-12-25/h6-8,11-16,26H,5,9-10,17-22H2,1-4H3,(H,31,32). The van der Waals surface area contributed by atoms with Gasteiger partial charge in [-0.15, -0.1) is 11.8 Å². The first-order valence-corrected chi connectivity index (χ1v) is 13.8. The van der Waals surface area contributed by atoms with Crippen LogP contribution in [0.25, 0.3) is 0 Å². The predicted octanol–water partition coefficient (Wildman–Crippen LogP) is 6.15. The summed E-state index contributed by atoms with van der Waals surface area (Å²) in [6, 6.07) is 17.6. The molecule has 0 spiro atoms. The zero-order valence-electron chi connectivity index (χ0n) is 22.5. The SMILES string of the molecule is CCOC(Cc1ccc(OCCN(CCCCSc2ccccc2)C(=O)OCC(C)(C)C)cc1)C(=O)O. The number of thioether (sulfide) groups is 1. The molecule has 0 radical (unpaired) electrons. The van der Waals surface area contributed by atoms with Gasteiger partial charge in [-0.2, -0.15) is 0 Å². The molecule has 2 rings (SSSR count). The molecular formula is C29H41NO6S. The van der Waals surface area contributed by atoms with Gasteiger partial charge < -0.3 is 24.2 Å². The first-order chi connectivity index (χ1) is 17.7. The number of rotatable bonds is 16. The fourth-order valence-electron chi connectivity index (χ4n) is 3.40. The molecule has 2 aromatic rings. The fraction of sp³-hybridized carbons (Fsp3) is 0.517. The van der Waals surface area contributed by atoms with E-state index in [0.717, 1.165) is 24.2 Å². The van der Waals surface area contributed by atoms with Crippen molar-refractivity contribution < 1.29 is 28.9 Å². The second-order valence-corrected chi connectivity index (χ2v) is 11.1. The van der Waals surface area contributed by atoms with Crippen molar-refractivity contribution in [2.24, 2.45) is 5.41 Å². The molecule has 2 aromatic carbocycles. The van der Waals surface area contributed by atoms with Crippen molar-refractivity contribution in [1.29, 1.82) is 0 Å². The van der Waals surface area contributed by atoms with Crippen LogP contribution in [0.4, 0.5) is 4.79 Å². The number of carboxylic acids is 1. The summed E-state index contributed by atoms with van der Waals surface area (Å²) in [6.07, 6.45) is 0.975. The van der Waals surface area contributed by atoms with E-state index in [4.69, 9.17) is 14.2 Å². The Morgan fingerprint density at radius 3 is 2.32 bits per heavy atom. The van der Waals surface area contributed by atoms with Crippen LogP contribution in [0.5, 0.6) is 5.75 Å². The van der Waals surface area contributed by atoms with Gasteiger partial charge >= 0.3 is 12.1 Å². The van der Waals surface area contributed by atoms with Gasteiger partial charge in [0, 0.05) is 24.5 Å². The zero-order chi connectivity index (χ0) is 27.1. The number of carboxylic acid groups (broad SMARTS) is 1. The lowest BCUT2D eigenvalue weighted by molar-refractivity contribution is -0.149. The van der Waals surface area contributed by atoms with Gasteiger partial charge in [-0.1, -0.05) is 51.1 Å². The van der Waals surface area contributed by atoms with Gasteiger partial charge in [-0.25, -0.2) is 9.59 Å². The summed E-state index contributed by atoms with van der Waals surface area (Å²) in [5.74, 6) is 0.678. The molecule has 0 saturated carbocycles. The maximum absolute atomic E-state index is 12.8. The molecule has 204 valence electrons. The normalized spacial score (nSPS) is 12.1. The average Bonchev–Trinajstić information content (AvgIpc) is 2.86. The van der Waals surface area contributed by atoms with Gasteiger partial charge in [0.2, 0.25) is 0 Å². The molecule has 0 heterocycles. The van der Waals surface area contributed by atoms with E-state index in [0.29, 0.717) is 45.1 Å². The van der Waals surface area contributed by atoms with Gasteiger partial charge in [0.15, 0.2) is 6.10 Å². The average molecular weight is 532 g/mol. The van der Waals surface area contributed by atoms with E-state index in [1.165, 1.54) is 4.90 Å². The molecule has 0 aliphatic carbocycles. The van der Waals surface area contributed by atoms with Crippen LogP contribution < -0.4 is 4.74 Å². The Morgan fingerprint density at radius 1 is 1.00 bits per heavy atom.